The molecule has 0 saturated heterocycles. The number of nitrogens with one attached hydrogen (secondary N) is 1. The van der Waals surface area contributed by atoms with E-state index in [0.717, 1.165) is 18.9 Å². The first-order valence-electron chi connectivity index (χ1n) is 11.7. The summed E-state index contributed by atoms with van der Waals surface area (Å²) in [5.74, 6) is -0.423. The zero-order valence-corrected chi connectivity index (χ0v) is 21.0. The number of nitro benzene ring substituents is 1. The lowest BCUT2D eigenvalue weighted by atomic mass is 10.1. The molecule has 4 rings (SSSR count). The first kappa shape index (κ1) is 26.0. The number of anilines is 1. The molecule has 196 valence electrons. The molecule has 1 fully saturated rings. The fourth-order valence-corrected chi connectivity index (χ4v) is 3.65. The van der Waals surface area contributed by atoms with E-state index in [4.69, 9.17) is 14.2 Å². The third-order valence-electron chi connectivity index (χ3n) is 5.39. The zero-order chi connectivity index (χ0) is 26.7. The van der Waals surface area contributed by atoms with Crippen LogP contribution in [0.2, 0.25) is 0 Å². The van der Waals surface area contributed by atoms with Gasteiger partial charge >= 0.3 is 11.8 Å². The number of carbonyl (C=O) groups is 1. The maximum atomic E-state index is 14.3. The molecule has 12 heteroatoms. The summed E-state index contributed by atoms with van der Waals surface area (Å²) in [7, 11) is 1.37. The van der Waals surface area contributed by atoms with Crippen LogP contribution in [0, 0.1) is 15.9 Å². The number of benzene rings is 1. The van der Waals surface area contributed by atoms with Gasteiger partial charge in [-0.2, -0.15) is 5.10 Å². The zero-order valence-electron chi connectivity index (χ0n) is 21.0. The second kappa shape index (κ2) is 10.5. The van der Waals surface area contributed by atoms with E-state index in [0.29, 0.717) is 22.9 Å². The minimum absolute atomic E-state index is 0.0417. The number of halogens is 1. The normalized spacial score (nSPS) is 13.3. The van der Waals surface area contributed by atoms with Crippen LogP contribution in [-0.2, 0) is 22.7 Å². The van der Waals surface area contributed by atoms with Gasteiger partial charge in [0.05, 0.1) is 42.5 Å². The van der Waals surface area contributed by atoms with Crippen LogP contribution < -0.4 is 10.1 Å². The van der Waals surface area contributed by atoms with Gasteiger partial charge in [0.2, 0.25) is 5.75 Å². The molecular formula is C25H28FN5O6. The molecule has 1 saturated carbocycles. The van der Waals surface area contributed by atoms with Crippen molar-refractivity contribution >= 4 is 17.6 Å². The van der Waals surface area contributed by atoms with Crippen molar-refractivity contribution in [1.29, 1.82) is 0 Å². The van der Waals surface area contributed by atoms with Gasteiger partial charge in [-0.15, -0.1) is 0 Å². The van der Waals surface area contributed by atoms with Crippen LogP contribution in [0.3, 0.4) is 0 Å². The van der Waals surface area contributed by atoms with Crippen molar-refractivity contribution in [3.63, 3.8) is 0 Å². The molecule has 3 aromatic rings. The molecule has 0 bridgehead atoms. The Morgan fingerprint density at radius 1 is 1.24 bits per heavy atom. The monoisotopic (exact) mass is 513 g/mol. The van der Waals surface area contributed by atoms with Crippen molar-refractivity contribution in [2.75, 3.05) is 12.4 Å². The van der Waals surface area contributed by atoms with E-state index in [1.165, 1.54) is 19.2 Å². The van der Waals surface area contributed by atoms with Crippen molar-refractivity contribution < 1.29 is 28.3 Å². The number of rotatable bonds is 9. The van der Waals surface area contributed by atoms with Crippen LogP contribution in [0.4, 0.5) is 20.7 Å². The van der Waals surface area contributed by atoms with Gasteiger partial charge in [-0.3, -0.25) is 20.1 Å². The van der Waals surface area contributed by atoms with Gasteiger partial charge in [-0.05, 0) is 63.4 Å². The van der Waals surface area contributed by atoms with Crippen molar-refractivity contribution in [2.45, 2.75) is 58.5 Å². The molecule has 1 aromatic carbocycles. The van der Waals surface area contributed by atoms with Gasteiger partial charge in [-0.1, -0.05) is 0 Å². The molecule has 1 amide bonds. The first-order valence-corrected chi connectivity index (χ1v) is 11.7. The number of carbonyl (C=O) groups excluding carboxylic acids is 1. The number of hydrogen-bond acceptors (Lipinski definition) is 8. The predicted molar refractivity (Wildman–Crippen MR) is 132 cm³/mol. The van der Waals surface area contributed by atoms with Crippen LogP contribution in [0.1, 0.15) is 50.9 Å². The molecule has 0 aliphatic heterocycles. The minimum Gasteiger partial charge on any atom is -0.490 e. The maximum Gasteiger partial charge on any atom is 0.413 e. The minimum atomic E-state index is -0.722. The largest absolute Gasteiger partial charge is 0.490 e. The van der Waals surface area contributed by atoms with Gasteiger partial charge in [0.1, 0.15) is 22.9 Å². The highest BCUT2D eigenvalue weighted by Gasteiger charge is 2.27. The highest BCUT2D eigenvalue weighted by Crippen LogP contribution is 2.40. The molecule has 0 spiro atoms. The fraction of sp³-hybridized carbons (Fsp3) is 0.400. The van der Waals surface area contributed by atoms with Crippen LogP contribution in [0.5, 0.6) is 5.75 Å². The molecule has 0 atom stereocenters. The van der Waals surface area contributed by atoms with Crippen molar-refractivity contribution in [3.8, 4) is 17.0 Å². The number of ether oxygens (including phenoxy) is 3. The first-order chi connectivity index (χ1) is 17.5. The van der Waals surface area contributed by atoms with Crippen LogP contribution >= 0.6 is 0 Å². The lowest BCUT2D eigenvalue weighted by molar-refractivity contribution is -0.385. The molecule has 1 N–H and O–H groups in total. The second-order valence-electron chi connectivity index (χ2n) is 9.61. The smallest absolute Gasteiger partial charge is 0.413 e. The van der Waals surface area contributed by atoms with Crippen LogP contribution in [-0.4, -0.2) is 38.5 Å². The van der Waals surface area contributed by atoms with E-state index in [9.17, 15) is 19.3 Å². The van der Waals surface area contributed by atoms with Gasteiger partial charge in [0, 0.05) is 12.3 Å². The summed E-state index contributed by atoms with van der Waals surface area (Å²) in [6, 6.07) is 7.66. The van der Waals surface area contributed by atoms with Gasteiger partial charge < -0.3 is 14.2 Å². The summed E-state index contributed by atoms with van der Waals surface area (Å²) >= 11 is 0. The number of aromatic nitrogens is 3. The fourth-order valence-electron chi connectivity index (χ4n) is 3.65. The van der Waals surface area contributed by atoms with Crippen molar-refractivity contribution in [3.05, 3.63) is 63.7 Å². The molecule has 1 aliphatic rings. The summed E-state index contributed by atoms with van der Waals surface area (Å²) in [5, 5.41) is 18.8. The Morgan fingerprint density at radius 2 is 2.00 bits per heavy atom. The van der Waals surface area contributed by atoms with E-state index in [-0.39, 0.29) is 36.2 Å². The Hall–Kier alpha value is -4.06. The van der Waals surface area contributed by atoms with Crippen LogP contribution in [0.15, 0.2) is 36.5 Å². The summed E-state index contributed by atoms with van der Waals surface area (Å²) in [5.41, 5.74) is 0.510. The molecule has 11 nitrogen and oxygen atoms in total. The highest BCUT2D eigenvalue weighted by molar-refractivity contribution is 5.83. The van der Waals surface area contributed by atoms with Gasteiger partial charge in [-0.25, -0.2) is 14.2 Å². The Morgan fingerprint density at radius 3 is 2.65 bits per heavy atom. The molecule has 2 aromatic heterocycles. The van der Waals surface area contributed by atoms with Crippen molar-refractivity contribution in [2.24, 2.45) is 0 Å². The second-order valence-corrected chi connectivity index (χ2v) is 9.61. The Balaban J connectivity index is 1.50. The lowest BCUT2D eigenvalue weighted by Gasteiger charge is -2.19. The number of hydrogen-bond donors (Lipinski definition) is 1. The number of nitrogens with zero attached hydrogens (tertiary/aromatic N) is 4. The van der Waals surface area contributed by atoms with Crippen LogP contribution in [0.25, 0.3) is 11.3 Å². The Kier molecular flexibility index (Phi) is 7.39. The van der Waals surface area contributed by atoms with E-state index < -0.39 is 22.4 Å². The summed E-state index contributed by atoms with van der Waals surface area (Å²) in [4.78, 5) is 27.3. The third-order valence-corrected chi connectivity index (χ3v) is 5.39. The van der Waals surface area contributed by atoms with E-state index in [1.54, 1.807) is 32.9 Å². The molecule has 1 aliphatic carbocycles. The molecule has 0 radical (unpaired) electrons. The SMILES string of the molecule is COc1c(-c2ccn(C3CC3)n2)cc(COCc2nc(NC(=O)OC(C)(C)C)ccc2F)cc1[N+](=O)[O-]. The Bertz CT molecular complexity index is 1320. The number of pyridine rings is 1. The van der Waals surface area contributed by atoms with E-state index in [1.807, 2.05) is 10.9 Å². The average Bonchev–Trinajstić information content (AvgIpc) is 3.55. The summed E-state index contributed by atoms with van der Waals surface area (Å²) < 4.78 is 32.4. The van der Waals surface area contributed by atoms with Gasteiger partial charge in [0.15, 0.2) is 0 Å². The molecule has 0 unspecified atom stereocenters. The Labute approximate surface area is 212 Å². The maximum absolute atomic E-state index is 14.3. The summed E-state index contributed by atoms with van der Waals surface area (Å²) in [6.45, 7) is 4.86. The van der Waals surface area contributed by atoms with Gasteiger partial charge in [0.25, 0.3) is 0 Å². The van der Waals surface area contributed by atoms with Crippen molar-refractivity contribution in [1.82, 2.24) is 14.8 Å². The quantitative estimate of drug-likeness (QED) is 0.297. The lowest BCUT2D eigenvalue weighted by Crippen LogP contribution is -2.27. The standard InChI is InChI=1S/C25H28FN5O6/c1-25(2,3)37-24(32)28-22-8-7-18(26)20(27-22)14-36-13-15-11-17(23(35-4)21(12-15)31(33)34)19-9-10-30(29-19)16-5-6-16/h7-12,16H,5-6,13-14H2,1-4H3,(H,27,28,32). The average molecular weight is 514 g/mol. The number of nitro groups is 1. The molecule has 37 heavy (non-hydrogen) atoms. The number of amides is 1. The predicted octanol–water partition coefficient (Wildman–Crippen LogP) is 5.40. The topological polar surface area (TPSA) is 131 Å². The molecular weight excluding hydrogens is 485 g/mol. The highest BCUT2D eigenvalue weighted by atomic mass is 19.1. The van der Waals surface area contributed by atoms with E-state index >= 15 is 0 Å². The number of methoxy groups -OCH3 is 1. The van der Waals surface area contributed by atoms with E-state index in [2.05, 4.69) is 15.4 Å². The molecule has 2 heterocycles. The third kappa shape index (κ3) is 6.58. The summed E-state index contributed by atoms with van der Waals surface area (Å²) in [6.07, 6.45) is 3.21.